The molecule has 6 atom stereocenters. The molecule has 212 valence electrons. The van der Waals surface area contributed by atoms with Gasteiger partial charge in [-0.1, -0.05) is 42.5 Å². The summed E-state index contributed by atoms with van der Waals surface area (Å²) in [7, 11) is 0. The molecule has 3 fully saturated rings. The van der Waals surface area contributed by atoms with Gasteiger partial charge in [0.05, 0.1) is 30.8 Å². The number of amides is 2. The van der Waals surface area contributed by atoms with Crippen LogP contribution in [-0.2, 0) is 30.3 Å². The third-order valence-corrected chi connectivity index (χ3v) is 8.65. The predicted molar refractivity (Wildman–Crippen MR) is 148 cm³/mol. The van der Waals surface area contributed by atoms with E-state index in [1.165, 1.54) is 4.90 Å². The van der Waals surface area contributed by atoms with E-state index in [0.29, 0.717) is 38.6 Å². The first-order chi connectivity index (χ1) is 18.6. The van der Waals surface area contributed by atoms with Crippen molar-refractivity contribution in [3.63, 3.8) is 0 Å². The van der Waals surface area contributed by atoms with Gasteiger partial charge < -0.3 is 24.4 Å². The standard InChI is InChI=1S/C31H42N2O6/c1-6-8-12-18-38-29(37)25-24-27(35)33(23(20-34)19-22-13-10-9-11-14-22)26(28(36)32(17-7-2)21(3)4)31(24)16-15-30(25,5)39-31/h6-7,9-11,13-14,21,23-26,34H,1-2,8,12,15-20H2,3-5H3/t23-,24+,25-,26?,30+,31?/m1/s1. The Bertz CT molecular complexity index is 1090. The van der Waals surface area contributed by atoms with Gasteiger partial charge in [-0.15, -0.1) is 13.2 Å². The molecule has 0 radical (unpaired) electrons. The largest absolute Gasteiger partial charge is 0.465 e. The quantitative estimate of drug-likeness (QED) is 0.235. The molecular formula is C31H42N2O6. The van der Waals surface area contributed by atoms with Crippen LogP contribution in [0.5, 0.6) is 0 Å². The zero-order chi connectivity index (χ0) is 28.4. The van der Waals surface area contributed by atoms with Crippen molar-refractivity contribution < 1.29 is 29.0 Å². The van der Waals surface area contributed by atoms with E-state index in [-0.39, 0.29) is 31.1 Å². The van der Waals surface area contributed by atoms with Crippen molar-refractivity contribution in [2.45, 2.75) is 82.2 Å². The summed E-state index contributed by atoms with van der Waals surface area (Å²) in [4.78, 5) is 45.4. The van der Waals surface area contributed by atoms with E-state index in [1.54, 1.807) is 17.1 Å². The Morgan fingerprint density at radius 1 is 1.23 bits per heavy atom. The molecule has 2 bridgehead atoms. The number of hydrogen-bond acceptors (Lipinski definition) is 6. The Balaban J connectivity index is 1.76. The number of rotatable bonds is 13. The second-order valence-electron chi connectivity index (χ2n) is 11.5. The van der Waals surface area contributed by atoms with Crippen molar-refractivity contribution in [2.24, 2.45) is 11.8 Å². The number of carbonyl (C=O) groups excluding carboxylic acids is 3. The van der Waals surface area contributed by atoms with Gasteiger partial charge in [-0.25, -0.2) is 0 Å². The van der Waals surface area contributed by atoms with Crippen LogP contribution in [0.15, 0.2) is 55.6 Å². The average molecular weight is 539 g/mol. The van der Waals surface area contributed by atoms with Gasteiger partial charge in [0.1, 0.15) is 17.6 Å². The van der Waals surface area contributed by atoms with E-state index >= 15 is 0 Å². The van der Waals surface area contributed by atoms with Gasteiger partial charge >= 0.3 is 5.97 Å². The Morgan fingerprint density at radius 3 is 2.56 bits per heavy atom. The monoisotopic (exact) mass is 538 g/mol. The minimum absolute atomic E-state index is 0.149. The molecule has 0 aromatic heterocycles. The zero-order valence-electron chi connectivity index (χ0n) is 23.4. The number of fused-ring (bicyclic) bond motifs is 1. The van der Waals surface area contributed by atoms with Crippen molar-refractivity contribution in [1.82, 2.24) is 9.80 Å². The molecule has 0 saturated carbocycles. The molecule has 3 aliphatic heterocycles. The molecule has 3 saturated heterocycles. The Hall–Kier alpha value is -2.97. The summed E-state index contributed by atoms with van der Waals surface area (Å²) in [6.45, 7) is 13.4. The van der Waals surface area contributed by atoms with Crippen LogP contribution >= 0.6 is 0 Å². The summed E-state index contributed by atoms with van der Waals surface area (Å²) < 4.78 is 12.3. The first-order valence-electron chi connectivity index (χ1n) is 14.0. The molecule has 1 aromatic rings. The fourth-order valence-corrected chi connectivity index (χ4v) is 6.87. The SMILES string of the molecule is C=CCCCOC(=O)[C@H]1[C@H]2C(=O)N([C@@H](CO)Cc3ccccc3)C(C(=O)N(CC=C)C(C)C)C23CC[C@]1(C)O3. The maximum Gasteiger partial charge on any atom is 0.312 e. The van der Waals surface area contributed by atoms with E-state index in [2.05, 4.69) is 13.2 Å². The average Bonchev–Trinajstić information content (AvgIpc) is 3.49. The highest BCUT2D eigenvalue weighted by molar-refractivity contribution is 5.98. The molecular weight excluding hydrogens is 496 g/mol. The second kappa shape index (κ2) is 11.6. The molecule has 3 aliphatic rings. The minimum atomic E-state index is -1.17. The van der Waals surface area contributed by atoms with Gasteiger partial charge in [0.25, 0.3) is 0 Å². The highest BCUT2D eigenvalue weighted by Gasteiger charge is 2.79. The smallest absolute Gasteiger partial charge is 0.312 e. The first-order valence-corrected chi connectivity index (χ1v) is 14.0. The number of hydrogen-bond donors (Lipinski definition) is 1. The van der Waals surface area contributed by atoms with E-state index in [0.717, 1.165) is 5.56 Å². The van der Waals surface area contributed by atoms with Crippen molar-refractivity contribution >= 4 is 17.8 Å². The van der Waals surface area contributed by atoms with Crippen molar-refractivity contribution in [3.8, 4) is 0 Å². The molecule has 1 aromatic carbocycles. The van der Waals surface area contributed by atoms with Crippen LogP contribution in [0.1, 0.15) is 52.0 Å². The summed E-state index contributed by atoms with van der Waals surface area (Å²) >= 11 is 0. The van der Waals surface area contributed by atoms with Crippen LogP contribution in [0.25, 0.3) is 0 Å². The third kappa shape index (κ3) is 5.05. The number of likely N-dealkylation sites (tertiary alicyclic amines) is 1. The fraction of sp³-hybridized carbons (Fsp3) is 0.581. The van der Waals surface area contributed by atoms with Crippen LogP contribution < -0.4 is 0 Å². The first kappa shape index (κ1) is 29.0. The molecule has 1 N–H and O–H groups in total. The summed E-state index contributed by atoms with van der Waals surface area (Å²) in [6.07, 6.45) is 6.17. The predicted octanol–water partition coefficient (Wildman–Crippen LogP) is 3.29. The lowest BCUT2D eigenvalue weighted by atomic mass is 9.66. The summed E-state index contributed by atoms with van der Waals surface area (Å²) in [6, 6.07) is 7.80. The van der Waals surface area contributed by atoms with Gasteiger partial charge in [0.2, 0.25) is 11.8 Å². The number of benzene rings is 1. The Morgan fingerprint density at radius 2 is 1.95 bits per heavy atom. The highest BCUT2D eigenvalue weighted by atomic mass is 16.6. The van der Waals surface area contributed by atoms with E-state index in [9.17, 15) is 19.5 Å². The van der Waals surface area contributed by atoms with Crippen LogP contribution in [0.2, 0.25) is 0 Å². The molecule has 3 heterocycles. The molecule has 1 spiro atoms. The molecule has 0 aliphatic carbocycles. The maximum atomic E-state index is 14.4. The normalized spacial score (nSPS) is 29.8. The lowest BCUT2D eigenvalue weighted by Gasteiger charge is -2.40. The third-order valence-electron chi connectivity index (χ3n) is 8.65. The number of esters is 1. The number of allylic oxidation sites excluding steroid dienone is 1. The maximum absolute atomic E-state index is 14.4. The number of aliphatic hydroxyl groups is 1. The topological polar surface area (TPSA) is 96.4 Å². The van der Waals surface area contributed by atoms with Gasteiger partial charge in [-0.05, 0) is 58.4 Å². The van der Waals surface area contributed by atoms with Crippen LogP contribution in [0.4, 0.5) is 0 Å². The molecule has 4 rings (SSSR count). The highest BCUT2D eigenvalue weighted by Crippen LogP contribution is 2.63. The molecule has 2 unspecified atom stereocenters. The Labute approximate surface area is 231 Å². The van der Waals surface area contributed by atoms with Crippen molar-refractivity contribution in [1.29, 1.82) is 0 Å². The Kier molecular flexibility index (Phi) is 8.66. The number of carbonyl (C=O) groups is 3. The number of aliphatic hydroxyl groups excluding tert-OH is 1. The van der Waals surface area contributed by atoms with Crippen LogP contribution in [0.3, 0.4) is 0 Å². The summed E-state index contributed by atoms with van der Waals surface area (Å²) in [5.74, 6) is -2.74. The number of nitrogens with zero attached hydrogens (tertiary/aromatic N) is 2. The summed E-state index contributed by atoms with van der Waals surface area (Å²) in [5.41, 5.74) is -1.14. The minimum Gasteiger partial charge on any atom is -0.465 e. The lowest BCUT2D eigenvalue weighted by molar-refractivity contribution is -0.162. The molecule has 8 heteroatoms. The van der Waals surface area contributed by atoms with Gasteiger partial charge in [0.15, 0.2) is 0 Å². The number of unbranched alkanes of at least 4 members (excludes halogenated alkanes) is 1. The zero-order valence-corrected chi connectivity index (χ0v) is 23.4. The van der Waals surface area contributed by atoms with Crippen molar-refractivity contribution in [3.05, 3.63) is 61.2 Å². The van der Waals surface area contributed by atoms with Crippen LogP contribution in [0, 0.1) is 11.8 Å². The van der Waals surface area contributed by atoms with E-state index in [1.807, 2.05) is 51.1 Å². The lowest BCUT2D eigenvalue weighted by Crippen LogP contribution is -2.60. The van der Waals surface area contributed by atoms with Gasteiger partial charge in [0, 0.05) is 12.6 Å². The second-order valence-corrected chi connectivity index (χ2v) is 11.5. The van der Waals surface area contributed by atoms with Gasteiger partial charge in [-0.3, -0.25) is 14.4 Å². The van der Waals surface area contributed by atoms with Crippen molar-refractivity contribution in [2.75, 3.05) is 19.8 Å². The molecule has 39 heavy (non-hydrogen) atoms. The van der Waals surface area contributed by atoms with Gasteiger partial charge in [-0.2, -0.15) is 0 Å². The van der Waals surface area contributed by atoms with E-state index in [4.69, 9.17) is 9.47 Å². The molecule has 2 amide bonds. The molecule has 8 nitrogen and oxygen atoms in total. The summed E-state index contributed by atoms with van der Waals surface area (Å²) in [5, 5.41) is 10.6. The van der Waals surface area contributed by atoms with E-state index < -0.39 is 41.1 Å². The number of ether oxygens (including phenoxy) is 2. The van der Waals surface area contributed by atoms with Crippen LogP contribution in [-0.4, -0.2) is 81.8 Å². The fourth-order valence-electron chi connectivity index (χ4n) is 6.87.